The molecule has 3 rings (SSSR count). The molecular weight excluding hydrogens is 248 g/mol. The highest BCUT2D eigenvalue weighted by Gasteiger charge is 2.11. The molecule has 0 saturated heterocycles. The van der Waals surface area contributed by atoms with Gasteiger partial charge in [0, 0.05) is 17.8 Å². The van der Waals surface area contributed by atoms with Crippen molar-refractivity contribution in [3.63, 3.8) is 0 Å². The minimum absolute atomic E-state index is 0.151. The Hall–Kier alpha value is -2.64. The fourth-order valence-corrected chi connectivity index (χ4v) is 2.45. The molecule has 0 amide bonds. The largest absolute Gasteiger partial charge is 0.315 e. The summed E-state index contributed by atoms with van der Waals surface area (Å²) in [7, 11) is 0. The molecule has 0 aromatic carbocycles. The number of hydrogen-bond acceptors (Lipinski definition) is 5. The van der Waals surface area contributed by atoms with Gasteiger partial charge in [0.15, 0.2) is 16.3 Å². The van der Waals surface area contributed by atoms with Crippen molar-refractivity contribution in [2.45, 2.75) is 6.54 Å². The summed E-state index contributed by atoms with van der Waals surface area (Å²) in [5, 5.41) is 19.8. The molecule has 18 heavy (non-hydrogen) atoms. The molecule has 7 heteroatoms. The Bertz CT molecular complexity index is 765. The van der Waals surface area contributed by atoms with Crippen LogP contribution in [0.4, 0.5) is 0 Å². The summed E-state index contributed by atoms with van der Waals surface area (Å²) >= 11 is 1.55. The second-order valence-corrected chi connectivity index (χ2v) is 4.49. The number of rotatable bonds is 2. The van der Waals surface area contributed by atoms with Crippen LogP contribution in [0, 0.1) is 22.7 Å². The zero-order valence-corrected chi connectivity index (χ0v) is 9.92. The Morgan fingerprint density at radius 1 is 1.33 bits per heavy atom. The van der Waals surface area contributed by atoms with Crippen LogP contribution in [0.25, 0.3) is 4.96 Å². The van der Waals surface area contributed by atoms with Crippen LogP contribution < -0.4 is 0 Å². The Kier molecular flexibility index (Phi) is 2.33. The summed E-state index contributed by atoms with van der Waals surface area (Å²) in [6.07, 6.45) is 5.32. The minimum atomic E-state index is 0.151. The molecule has 0 N–H and O–H groups in total. The van der Waals surface area contributed by atoms with Gasteiger partial charge in [-0.15, -0.1) is 11.3 Å². The van der Waals surface area contributed by atoms with E-state index in [1.54, 1.807) is 15.9 Å². The lowest BCUT2D eigenvalue weighted by Gasteiger charge is -1.99. The highest BCUT2D eigenvalue weighted by Crippen LogP contribution is 2.13. The summed E-state index contributed by atoms with van der Waals surface area (Å²) in [5.74, 6) is 0. The van der Waals surface area contributed by atoms with E-state index in [2.05, 4.69) is 9.97 Å². The average Bonchev–Trinajstić information content (AvgIpc) is 3.02. The lowest BCUT2D eigenvalue weighted by atomic mass is 10.3. The van der Waals surface area contributed by atoms with Gasteiger partial charge in [-0.3, -0.25) is 4.40 Å². The Morgan fingerprint density at radius 2 is 2.22 bits per heavy atom. The first-order valence-electron chi connectivity index (χ1n) is 5.08. The zero-order chi connectivity index (χ0) is 12.5. The van der Waals surface area contributed by atoms with E-state index >= 15 is 0 Å². The first-order chi connectivity index (χ1) is 8.81. The van der Waals surface area contributed by atoms with Gasteiger partial charge in [-0.2, -0.15) is 10.5 Å². The van der Waals surface area contributed by atoms with E-state index in [-0.39, 0.29) is 11.4 Å². The van der Waals surface area contributed by atoms with Crippen LogP contribution in [-0.2, 0) is 6.54 Å². The number of nitrogens with zero attached hydrogens (tertiary/aromatic N) is 6. The van der Waals surface area contributed by atoms with Gasteiger partial charge in [-0.05, 0) is 0 Å². The third-order valence-corrected chi connectivity index (χ3v) is 3.30. The third kappa shape index (κ3) is 1.54. The first kappa shape index (κ1) is 10.5. The van der Waals surface area contributed by atoms with Crippen LogP contribution in [-0.4, -0.2) is 18.9 Å². The molecule has 86 valence electrons. The van der Waals surface area contributed by atoms with Crippen molar-refractivity contribution in [3.05, 3.63) is 41.2 Å². The quantitative estimate of drug-likeness (QED) is 0.691. The maximum atomic E-state index is 9.01. The average molecular weight is 254 g/mol. The number of nitriles is 2. The maximum Gasteiger partial charge on any atom is 0.193 e. The van der Waals surface area contributed by atoms with Crippen molar-refractivity contribution < 1.29 is 0 Å². The molecule has 0 fully saturated rings. The molecule has 3 aromatic heterocycles. The van der Waals surface area contributed by atoms with Crippen molar-refractivity contribution in [1.82, 2.24) is 18.9 Å². The molecule has 0 atom stereocenters. The molecule has 3 heterocycles. The second-order valence-electron chi connectivity index (χ2n) is 3.62. The predicted octanol–water partition coefficient (Wildman–Crippen LogP) is 1.38. The smallest absolute Gasteiger partial charge is 0.193 e. The predicted molar refractivity (Wildman–Crippen MR) is 63.8 cm³/mol. The van der Waals surface area contributed by atoms with Crippen molar-refractivity contribution in [2.75, 3.05) is 0 Å². The molecule has 0 aliphatic heterocycles. The van der Waals surface area contributed by atoms with E-state index in [9.17, 15) is 0 Å². The van der Waals surface area contributed by atoms with Gasteiger partial charge in [0.2, 0.25) is 0 Å². The van der Waals surface area contributed by atoms with Crippen molar-refractivity contribution in [2.24, 2.45) is 0 Å². The van der Waals surface area contributed by atoms with Crippen molar-refractivity contribution in [1.29, 1.82) is 10.5 Å². The van der Waals surface area contributed by atoms with Gasteiger partial charge < -0.3 is 4.57 Å². The Morgan fingerprint density at radius 3 is 2.94 bits per heavy atom. The lowest BCUT2D eigenvalue weighted by Crippen LogP contribution is -2.01. The molecule has 0 radical (unpaired) electrons. The van der Waals surface area contributed by atoms with Gasteiger partial charge in [-0.1, -0.05) is 0 Å². The topological polar surface area (TPSA) is 82.7 Å². The van der Waals surface area contributed by atoms with Gasteiger partial charge in [0.1, 0.15) is 12.1 Å². The standard InChI is InChI=1S/C11H6N6S/c12-3-9-10(4-13)17(7-14-9)6-8-5-16-1-2-18-11(16)15-8/h1-2,5,7H,6H2. The second kappa shape index (κ2) is 3.99. The normalized spacial score (nSPS) is 10.3. The fraction of sp³-hybridized carbons (Fsp3) is 0.0909. The molecule has 6 nitrogen and oxygen atoms in total. The number of imidazole rings is 2. The van der Waals surface area contributed by atoms with E-state index in [0.29, 0.717) is 6.54 Å². The van der Waals surface area contributed by atoms with Crippen LogP contribution >= 0.6 is 11.3 Å². The molecular formula is C11H6N6S. The van der Waals surface area contributed by atoms with Crippen LogP contribution in [0.15, 0.2) is 24.1 Å². The molecule has 0 aliphatic carbocycles. The summed E-state index contributed by atoms with van der Waals surface area (Å²) in [6.45, 7) is 0.436. The maximum absolute atomic E-state index is 9.01. The van der Waals surface area contributed by atoms with E-state index in [4.69, 9.17) is 10.5 Å². The number of thiazole rings is 1. The summed E-state index contributed by atoms with van der Waals surface area (Å²) in [6, 6.07) is 3.89. The summed E-state index contributed by atoms with van der Waals surface area (Å²) < 4.78 is 3.55. The van der Waals surface area contributed by atoms with Crippen molar-refractivity contribution >= 4 is 16.3 Å². The van der Waals surface area contributed by atoms with Crippen LogP contribution in [0.1, 0.15) is 17.1 Å². The summed E-state index contributed by atoms with van der Waals surface area (Å²) in [5.41, 5.74) is 1.26. The molecule has 3 aromatic rings. The number of aromatic nitrogens is 4. The zero-order valence-electron chi connectivity index (χ0n) is 9.11. The van der Waals surface area contributed by atoms with Gasteiger partial charge >= 0.3 is 0 Å². The van der Waals surface area contributed by atoms with E-state index in [0.717, 1.165) is 10.7 Å². The van der Waals surface area contributed by atoms with E-state index < -0.39 is 0 Å². The highest BCUT2D eigenvalue weighted by molar-refractivity contribution is 7.15. The molecule has 0 unspecified atom stereocenters. The minimum Gasteiger partial charge on any atom is -0.315 e. The van der Waals surface area contributed by atoms with Crippen LogP contribution in [0.2, 0.25) is 0 Å². The van der Waals surface area contributed by atoms with Gasteiger partial charge in [0.05, 0.1) is 18.6 Å². The monoisotopic (exact) mass is 254 g/mol. The molecule has 0 spiro atoms. The Labute approximate surface area is 106 Å². The highest BCUT2D eigenvalue weighted by atomic mass is 32.1. The molecule has 0 saturated carbocycles. The number of hydrogen-bond donors (Lipinski definition) is 0. The van der Waals surface area contributed by atoms with Gasteiger partial charge in [-0.25, -0.2) is 9.97 Å². The first-order valence-corrected chi connectivity index (χ1v) is 5.96. The third-order valence-electron chi connectivity index (χ3n) is 2.53. The molecule has 0 aliphatic rings. The summed E-state index contributed by atoms with van der Waals surface area (Å²) in [4.78, 5) is 9.22. The lowest BCUT2D eigenvalue weighted by molar-refractivity contribution is 0.768. The molecule has 0 bridgehead atoms. The van der Waals surface area contributed by atoms with Crippen LogP contribution in [0.5, 0.6) is 0 Å². The number of fused-ring (bicyclic) bond motifs is 1. The van der Waals surface area contributed by atoms with E-state index in [1.807, 2.05) is 34.3 Å². The van der Waals surface area contributed by atoms with Crippen molar-refractivity contribution in [3.8, 4) is 12.1 Å². The van der Waals surface area contributed by atoms with Crippen LogP contribution in [0.3, 0.4) is 0 Å². The fourth-order valence-electron chi connectivity index (χ4n) is 1.73. The Balaban J connectivity index is 1.98. The van der Waals surface area contributed by atoms with E-state index in [1.165, 1.54) is 6.33 Å². The van der Waals surface area contributed by atoms with Gasteiger partial charge in [0.25, 0.3) is 0 Å². The SMILES string of the molecule is N#Cc1ncn(Cc2cn3ccsc3n2)c1C#N.